The van der Waals surface area contributed by atoms with Crippen LogP contribution >= 0.6 is 0 Å². The predicted molar refractivity (Wildman–Crippen MR) is 147 cm³/mol. The molecule has 4 N–H and O–H groups in total. The number of aromatic nitrogens is 2. The van der Waals surface area contributed by atoms with Gasteiger partial charge in [0.1, 0.15) is 25.1 Å². The van der Waals surface area contributed by atoms with Crippen molar-refractivity contribution < 1.29 is 24.3 Å². The maximum atomic E-state index is 11.2. The second kappa shape index (κ2) is 14.0. The molecule has 0 radical (unpaired) electrons. The Balaban J connectivity index is 1.78. The molecule has 0 aliphatic carbocycles. The van der Waals surface area contributed by atoms with E-state index in [-0.39, 0.29) is 13.2 Å². The highest BCUT2D eigenvalue weighted by molar-refractivity contribution is 5.76. The zero-order valence-corrected chi connectivity index (χ0v) is 23.0. The van der Waals surface area contributed by atoms with Gasteiger partial charge < -0.3 is 30.1 Å². The Hall–Kier alpha value is -3.27. The molecule has 0 saturated heterocycles. The molecule has 1 aromatic heterocycles. The molecule has 3 rings (SSSR count). The summed E-state index contributed by atoms with van der Waals surface area (Å²) >= 11 is 0. The first-order valence-corrected chi connectivity index (χ1v) is 13.2. The standard InChI is InChI=1S/C29H40N4O5/c1-6-20-9-21(14-30-13-18(3)4)11-24(10-20)29-32-28(33-38-29)23-8-19(5)27(22(7-2)12-23)37-17-25(35)15-31-26(36)16-34/h8-12,18,25,30,34-35H,6-7,13-17H2,1-5H3,(H,31,36)/t25-/m0/s1. The Labute approximate surface area is 224 Å². The largest absolute Gasteiger partial charge is 0.490 e. The first-order valence-electron chi connectivity index (χ1n) is 13.2. The number of ether oxygens (including phenoxy) is 1. The number of rotatable bonds is 14. The number of aryl methyl sites for hydroxylation is 3. The topological polar surface area (TPSA) is 130 Å². The van der Waals surface area contributed by atoms with E-state index in [0.29, 0.717) is 29.8 Å². The summed E-state index contributed by atoms with van der Waals surface area (Å²) in [5.41, 5.74) is 5.95. The maximum Gasteiger partial charge on any atom is 0.258 e. The Kier molecular flexibility index (Phi) is 10.8. The lowest BCUT2D eigenvalue weighted by atomic mass is 10.0. The average Bonchev–Trinajstić information content (AvgIpc) is 3.40. The van der Waals surface area contributed by atoms with Gasteiger partial charge in [-0.3, -0.25) is 4.79 Å². The molecule has 0 fully saturated rings. The maximum absolute atomic E-state index is 11.2. The first kappa shape index (κ1) is 29.3. The monoisotopic (exact) mass is 524 g/mol. The van der Waals surface area contributed by atoms with E-state index >= 15 is 0 Å². The van der Waals surface area contributed by atoms with E-state index in [4.69, 9.17) is 19.4 Å². The Morgan fingerprint density at radius 2 is 1.82 bits per heavy atom. The molecule has 9 heteroatoms. The van der Waals surface area contributed by atoms with Crippen molar-refractivity contribution in [2.24, 2.45) is 5.92 Å². The fraction of sp³-hybridized carbons (Fsp3) is 0.483. The number of carbonyl (C=O) groups is 1. The molecule has 0 unspecified atom stereocenters. The molecule has 2 aromatic carbocycles. The fourth-order valence-electron chi connectivity index (χ4n) is 4.13. The zero-order chi connectivity index (χ0) is 27.7. The molecule has 1 amide bonds. The summed E-state index contributed by atoms with van der Waals surface area (Å²) in [6.07, 6.45) is 0.713. The highest BCUT2D eigenvalue weighted by Crippen LogP contribution is 2.31. The molecule has 1 heterocycles. The van der Waals surface area contributed by atoms with Crippen molar-refractivity contribution in [3.63, 3.8) is 0 Å². The van der Waals surface area contributed by atoms with Gasteiger partial charge in [0.2, 0.25) is 11.7 Å². The van der Waals surface area contributed by atoms with Crippen LogP contribution in [0.15, 0.2) is 34.9 Å². The number of nitrogens with one attached hydrogen (secondary N) is 2. The van der Waals surface area contributed by atoms with Gasteiger partial charge in [0, 0.05) is 24.2 Å². The van der Waals surface area contributed by atoms with Crippen LogP contribution in [0.2, 0.25) is 0 Å². The van der Waals surface area contributed by atoms with E-state index in [1.165, 1.54) is 11.1 Å². The van der Waals surface area contributed by atoms with Crippen molar-refractivity contribution in [1.82, 2.24) is 20.8 Å². The third kappa shape index (κ3) is 8.11. The van der Waals surface area contributed by atoms with Gasteiger partial charge in [-0.25, -0.2) is 0 Å². The lowest BCUT2D eigenvalue weighted by Gasteiger charge is -2.17. The molecular weight excluding hydrogens is 484 g/mol. The third-order valence-electron chi connectivity index (χ3n) is 6.10. The van der Waals surface area contributed by atoms with Crippen LogP contribution < -0.4 is 15.4 Å². The number of benzene rings is 2. The number of aliphatic hydroxyl groups is 2. The molecule has 3 aromatic rings. The van der Waals surface area contributed by atoms with Crippen LogP contribution in [0.3, 0.4) is 0 Å². The fourth-order valence-corrected chi connectivity index (χ4v) is 4.13. The van der Waals surface area contributed by atoms with Crippen molar-refractivity contribution in [3.8, 4) is 28.6 Å². The molecule has 0 bridgehead atoms. The van der Waals surface area contributed by atoms with Crippen molar-refractivity contribution >= 4 is 5.91 Å². The van der Waals surface area contributed by atoms with E-state index < -0.39 is 18.6 Å². The van der Waals surface area contributed by atoms with Crippen LogP contribution in [0, 0.1) is 12.8 Å². The second-order valence-corrected chi connectivity index (χ2v) is 9.90. The van der Waals surface area contributed by atoms with Gasteiger partial charge in [-0.05, 0) is 78.7 Å². The highest BCUT2D eigenvalue weighted by atomic mass is 16.5. The number of aliphatic hydroxyl groups excluding tert-OH is 2. The Morgan fingerprint density at radius 1 is 1.05 bits per heavy atom. The van der Waals surface area contributed by atoms with Gasteiger partial charge in [-0.1, -0.05) is 38.9 Å². The number of nitrogens with zero attached hydrogens (tertiary/aromatic N) is 2. The third-order valence-corrected chi connectivity index (χ3v) is 6.10. The number of amides is 1. The molecule has 9 nitrogen and oxygen atoms in total. The van der Waals surface area contributed by atoms with Gasteiger partial charge in [-0.15, -0.1) is 0 Å². The summed E-state index contributed by atoms with van der Waals surface area (Å²) in [7, 11) is 0. The van der Waals surface area contributed by atoms with E-state index in [9.17, 15) is 9.90 Å². The summed E-state index contributed by atoms with van der Waals surface area (Å²) < 4.78 is 11.6. The predicted octanol–water partition coefficient (Wildman–Crippen LogP) is 3.43. The summed E-state index contributed by atoms with van der Waals surface area (Å²) in [5, 5.41) is 29.1. The summed E-state index contributed by atoms with van der Waals surface area (Å²) in [4.78, 5) is 15.9. The van der Waals surface area contributed by atoms with Crippen molar-refractivity contribution in [3.05, 3.63) is 52.6 Å². The molecule has 1 atom stereocenters. The molecule has 0 spiro atoms. The molecular formula is C29H40N4O5. The number of hydrogen-bond acceptors (Lipinski definition) is 8. The molecule has 0 aliphatic rings. The Morgan fingerprint density at radius 3 is 2.50 bits per heavy atom. The van der Waals surface area contributed by atoms with Crippen LogP contribution in [0.5, 0.6) is 5.75 Å². The molecule has 38 heavy (non-hydrogen) atoms. The van der Waals surface area contributed by atoms with Crippen molar-refractivity contribution in [2.75, 3.05) is 26.3 Å². The zero-order valence-electron chi connectivity index (χ0n) is 23.0. The molecule has 0 saturated carbocycles. The van der Waals surface area contributed by atoms with Crippen LogP contribution in [-0.4, -0.2) is 58.7 Å². The van der Waals surface area contributed by atoms with Gasteiger partial charge in [0.15, 0.2) is 0 Å². The van der Waals surface area contributed by atoms with Crippen LogP contribution in [0.1, 0.15) is 49.9 Å². The normalized spacial score (nSPS) is 12.1. The Bertz CT molecular complexity index is 1210. The van der Waals surface area contributed by atoms with Crippen LogP contribution in [-0.2, 0) is 24.2 Å². The molecule has 206 valence electrons. The second-order valence-electron chi connectivity index (χ2n) is 9.90. The lowest BCUT2D eigenvalue weighted by molar-refractivity contribution is -0.124. The summed E-state index contributed by atoms with van der Waals surface area (Å²) in [5.74, 6) is 1.70. The lowest BCUT2D eigenvalue weighted by Crippen LogP contribution is -2.36. The van der Waals surface area contributed by atoms with Crippen LogP contribution in [0.4, 0.5) is 0 Å². The van der Waals surface area contributed by atoms with Gasteiger partial charge in [0.25, 0.3) is 5.89 Å². The highest BCUT2D eigenvalue weighted by Gasteiger charge is 2.17. The first-order chi connectivity index (χ1) is 18.2. The van der Waals surface area contributed by atoms with Gasteiger partial charge in [-0.2, -0.15) is 4.98 Å². The molecule has 0 aliphatic heterocycles. The number of carbonyl (C=O) groups excluding carboxylic acids is 1. The minimum atomic E-state index is -0.904. The van der Waals surface area contributed by atoms with Gasteiger partial charge in [0.05, 0.1) is 0 Å². The van der Waals surface area contributed by atoms with Crippen molar-refractivity contribution in [2.45, 2.75) is 60.1 Å². The van der Waals surface area contributed by atoms with E-state index in [2.05, 4.69) is 54.8 Å². The minimum absolute atomic E-state index is 0.00163. The van der Waals surface area contributed by atoms with E-state index in [1.54, 1.807) is 0 Å². The number of hydrogen-bond donors (Lipinski definition) is 4. The van der Waals surface area contributed by atoms with Gasteiger partial charge >= 0.3 is 0 Å². The van der Waals surface area contributed by atoms with Crippen LogP contribution in [0.25, 0.3) is 22.8 Å². The summed E-state index contributed by atoms with van der Waals surface area (Å²) in [6, 6.07) is 10.3. The van der Waals surface area contributed by atoms with E-state index in [1.807, 2.05) is 26.0 Å². The smallest absolute Gasteiger partial charge is 0.258 e. The summed E-state index contributed by atoms with van der Waals surface area (Å²) in [6.45, 7) is 11.6. The SMILES string of the molecule is CCc1cc(CNCC(C)C)cc(-c2nc(-c3cc(C)c(OC[C@@H](O)CNC(=O)CO)c(CC)c3)no2)c1. The quantitative estimate of drug-likeness (QED) is 0.252. The van der Waals surface area contributed by atoms with E-state index in [0.717, 1.165) is 41.8 Å². The van der Waals surface area contributed by atoms with Crippen molar-refractivity contribution in [1.29, 1.82) is 0 Å². The minimum Gasteiger partial charge on any atom is -0.490 e. The average molecular weight is 525 g/mol.